The maximum absolute atomic E-state index is 11.4. The number of aliphatic hydroxyl groups is 1. The van der Waals surface area contributed by atoms with Crippen LogP contribution in [0.1, 0.15) is 12.0 Å². The maximum atomic E-state index is 11.4. The van der Waals surface area contributed by atoms with E-state index in [2.05, 4.69) is 10.3 Å². The van der Waals surface area contributed by atoms with Crippen molar-refractivity contribution in [2.75, 3.05) is 19.0 Å². The Balaban J connectivity index is 2.47. The van der Waals surface area contributed by atoms with Crippen molar-refractivity contribution in [1.29, 1.82) is 0 Å². The summed E-state index contributed by atoms with van der Waals surface area (Å²) >= 11 is 0. The maximum Gasteiger partial charge on any atom is 0.254 e. The van der Waals surface area contributed by atoms with Crippen LogP contribution < -0.4 is 5.32 Å². The molecule has 88 valence electrons. The zero-order chi connectivity index (χ0) is 12.0. The number of ether oxygens (including phenoxy) is 1. The smallest absolute Gasteiger partial charge is 0.254 e. The minimum Gasteiger partial charge on any atom is -0.385 e. The van der Waals surface area contributed by atoms with Crippen molar-refractivity contribution in [3.63, 3.8) is 0 Å². The van der Waals surface area contributed by atoms with Gasteiger partial charge in [0.1, 0.15) is 11.9 Å². The van der Waals surface area contributed by atoms with Crippen molar-refractivity contribution in [1.82, 2.24) is 4.98 Å². The number of hydrogen-bond acceptors (Lipinski definition) is 4. The lowest BCUT2D eigenvalue weighted by Crippen LogP contribution is -2.29. The predicted molar refractivity (Wildman–Crippen MR) is 60.1 cm³/mol. The summed E-state index contributed by atoms with van der Waals surface area (Å²) in [6.07, 6.45) is 0.855. The molecule has 1 heterocycles. The number of rotatable bonds is 5. The van der Waals surface area contributed by atoms with Gasteiger partial charge in [-0.1, -0.05) is 6.07 Å². The molecule has 0 radical (unpaired) electrons. The molecule has 1 rings (SSSR count). The second-order valence-corrected chi connectivity index (χ2v) is 3.51. The molecule has 1 amide bonds. The third-order valence-corrected chi connectivity index (χ3v) is 2.06. The molecule has 1 aromatic rings. The van der Waals surface area contributed by atoms with Gasteiger partial charge in [-0.15, -0.1) is 0 Å². The number of anilines is 1. The summed E-state index contributed by atoms with van der Waals surface area (Å²) in [5, 5.41) is 12.0. The van der Waals surface area contributed by atoms with E-state index in [1.807, 2.05) is 13.0 Å². The molecule has 0 aliphatic rings. The van der Waals surface area contributed by atoms with Gasteiger partial charge in [-0.2, -0.15) is 0 Å². The van der Waals surface area contributed by atoms with Gasteiger partial charge in [0.05, 0.1) is 0 Å². The van der Waals surface area contributed by atoms with Gasteiger partial charge in [0.2, 0.25) is 0 Å². The lowest BCUT2D eigenvalue weighted by Gasteiger charge is -2.10. The van der Waals surface area contributed by atoms with Gasteiger partial charge in [0.25, 0.3) is 5.91 Å². The van der Waals surface area contributed by atoms with E-state index in [0.717, 1.165) is 5.56 Å². The fraction of sp³-hybridized carbons (Fsp3) is 0.455. The normalized spacial score (nSPS) is 12.2. The van der Waals surface area contributed by atoms with Gasteiger partial charge < -0.3 is 15.2 Å². The summed E-state index contributed by atoms with van der Waals surface area (Å²) in [7, 11) is 1.52. The highest BCUT2D eigenvalue weighted by Crippen LogP contribution is 2.05. The highest BCUT2D eigenvalue weighted by Gasteiger charge is 2.14. The van der Waals surface area contributed by atoms with E-state index in [0.29, 0.717) is 12.4 Å². The molecule has 0 saturated heterocycles. The summed E-state index contributed by atoms with van der Waals surface area (Å²) < 4.78 is 4.77. The summed E-state index contributed by atoms with van der Waals surface area (Å²) in [6.45, 7) is 2.25. The number of aryl methyl sites for hydroxylation is 1. The van der Waals surface area contributed by atoms with Crippen molar-refractivity contribution >= 4 is 11.7 Å². The number of amides is 1. The largest absolute Gasteiger partial charge is 0.385 e. The van der Waals surface area contributed by atoms with Crippen LogP contribution in [0.3, 0.4) is 0 Å². The van der Waals surface area contributed by atoms with Crippen LogP contribution in [0.2, 0.25) is 0 Å². The first-order valence-electron chi connectivity index (χ1n) is 5.04. The Morgan fingerprint density at radius 2 is 2.38 bits per heavy atom. The zero-order valence-corrected chi connectivity index (χ0v) is 9.43. The Morgan fingerprint density at radius 1 is 1.62 bits per heavy atom. The van der Waals surface area contributed by atoms with E-state index in [1.54, 1.807) is 12.3 Å². The van der Waals surface area contributed by atoms with Gasteiger partial charge in [-0.3, -0.25) is 4.79 Å². The predicted octanol–water partition coefficient (Wildman–Crippen LogP) is 0.726. The highest BCUT2D eigenvalue weighted by atomic mass is 16.5. The molecule has 0 saturated carbocycles. The molecule has 0 unspecified atom stereocenters. The summed E-state index contributed by atoms with van der Waals surface area (Å²) in [5.74, 6) is -0.0273. The molecule has 0 aliphatic carbocycles. The van der Waals surface area contributed by atoms with Crippen molar-refractivity contribution in [3.8, 4) is 0 Å². The van der Waals surface area contributed by atoms with Crippen LogP contribution in [-0.4, -0.2) is 35.8 Å². The Morgan fingerprint density at radius 3 is 2.94 bits per heavy atom. The van der Waals surface area contributed by atoms with Crippen LogP contribution in [0.4, 0.5) is 5.82 Å². The van der Waals surface area contributed by atoms with E-state index in [-0.39, 0.29) is 6.42 Å². The number of methoxy groups -OCH3 is 1. The minimum absolute atomic E-state index is 0.272. The van der Waals surface area contributed by atoms with E-state index in [1.165, 1.54) is 7.11 Å². The summed E-state index contributed by atoms with van der Waals surface area (Å²) in [4.78, 5) is 15.5. The molecule has 16 heavy (non-hydrogen) atoms. The van der Waals surface area contributed by atoms with Crippen molar-refractivity contribution in [2.45, 2.75) is 19.4 Å². The topological polar surface area (TPSA) is 71.5 Å². The lowest BCUT2D eigenvalue weighted by atomic mass is 10.2. The standard InChI is InChI=1S/C11H16N2O3/c1-8-3-4-10(12-7-8)13-11(15)9(14)5-6-16-2/h3-4,7,9,14H,5-6H2,1-2H3,(H,12,13,15)/t9-/m0/s1. The molecule has 0 aliphatic heterocycles. The van der Waals surface area contributed by atoms with Crippen molar-refractivity contribution < 1.29 is 14.6 Å². The first-order chi connectivity index (χ1) is 7.63. The first-order valence-corrected chi connectivity index (χ1v) is 5.04. The number of carbonyl (C=O) groups is 1. The number of nitrogens with zero attached hydrogens (tertiary/aromatic N) is 1. The summed E-state index contributed by atoms with van der Waals surface area (Å²) in [5.41, 5.74) is 1.01. The molecule has 0 aromatic carbocycles. The van der Waals surface area contributed by atoms with E-state index < -0.39 is 12.0 Å². The summed E-state index contributed by atoms with van der Waals surface area (Å²) in [6, 6.07) is 3.53. The first kappa shape index (κ1) is 12.6. The van der Waals surface area contributed by atoms with Gasteiger partial charge in [0, 0.05) is 26.3 Å². The number of aromatic nitrogens is 1. The molecule has 5 heteroatoms. The molecule has 0 spiro atoms. The molecule has 2 N–H and O–H groups in total. The Hall–Kier alpha value is -1.46. The van der Waals surface area contributed by atoms with E-state index in [9.17, 15) is 9.90 Å². The molecular weight excluding hydrogens is 208 g/mol. The van der Waals surface area contributed by atoms with Crippen molar-refractivity contribution in [2.24, 2.45) is 0 Å². The Bertz CT molecular complexity index is 338. The second-order valence-electron chi connectivity index (χ2n) is 3.51. The molecule has 5 nitrogen and oxygen atoms in total. The SMILES string of the molecule is COCC[C@H](O)C(=O)Nc1ccc(C)cn1. The van der Waals surface area contributed by atoms with Crippen LogP contribution in [0, 0.1) is 6.92 Å². The van der Waals surface area contributed by atoms with Gasteiger partial charge in [0.15, 0.2) is 0 Å². The number of hydrogen-bond donors (Lipinski definition) is 2. The monoisotopic (exact) mass is 224 g/mol. The minimum atomic E-state index is -1.07. The number of carbonyl (C=O) groups excluding carboxylic acids is 1. The number of pyridine rings is 1. The van der Waals surface area contributed by atoms with Crippen LogP contribution in [0.25, 0.3) is 0 Å². The lowest BCUT2D eigenvalue weighted by molar-refractivity contribution is -0.124. The fourth-order valence-electron chi connectivity index (χ4n) is 1.11. The number of nitrogens with one attached hydrogen (secondary N) is 1. The van der Waals surface area contributed by atoms with Crippen molar-refractivity contribution in [3.05, 3.63) is 23.9 Å². The Labute approximate surface area is 94.5 Å². The quantitative estimate of drug-likeness (QED) is 0.773. The number of aliphatic hydroxyl groups excluding tert-OH is 1. The third-order valence-electron chi connectivity index (χ3n) is 2.06. The van der Waals surface area contributed by atoms with Crippen LogP contribution in [0.15, 0.2) is 18.3 Å². The van der Waals surface area contributed by atoms with Crippen LogP contribution in [0.5, 0.6) is 0 Å². The third kappa shape index (κ3) is 3.96. The van der Waals surface area contributed by atoms with Crippen LogP contribution in [-0.2, 0) is 9.53 Å². The van der Waals surface area contributed by atoms with Crippen LogP contribution >= 0.6 is 0 Å². The highest BCUT2D eigenvalue weighted by molar-refractivity contribution is 5.93. The van der Waals surface area contributed by atoms with E-state index in [4.69, 9.17) is 4.74 Å². The second kappa shape index (κ2) is 6.19. The van der Waals surface area contributed by atoms with Gasteiger partial charge in [-0.25, -0.2) is 4.98 Å². The average Bonchev–Trinajstić information content (AvgIpc) is 2.29. The molecule has 1 atom stereocenters. The molecular formula is C11H16N2O3. The fourth-order valence-corrected chi connectivity index (χ4v) is 1.11. The molecule has 0 bridgehead atoms. The van der Waals surface area contributed by atoms with Gasteiger partial charge >= 0.3 is 0 Å². The molecule has 1 aromatic heterocycles. The van der Waals surface area contributed by atoms with E-state index >= 15 is 0 Å². The molecule has 0 fully saturated rings. The Kier molecular flexibility index (Phi) is 4.88. The average molecular weight is 224 g/mol. The zero-order valence-electron chi connectivity index (χ0n) is 9.43. The van der Waals surface area contributed by atoms with Gasteiger partial charge in [-0.05, 0) is 18.6 Å².